The molecular weight excluding hydrogens is 134 g/mol. The van der Waals surface area contributed by atoms with Crippen LogP contribution in [-0.2, 0) is 0 Å². The molecule has 0 aliphatic carbocycles. The summed E-state index contributed by atoms with van der Waals surface area (Å²) in [4.78, 5) is 2.35. The first-order chi connectivity index (χ1) is 4.85. The van der Waals surface area contributed by atoms with Gasteiger partial charge in [0.15, 0.2) is 0 Å². The molecule has 0 spiro atoms. The summed E-state index contributed by atoms with van der Waals surface area (Å²) in [5.74, 6) is 0. The zero-order chi connectivity index (χ0) is 9.65. The summed E-state index contributed by atoms with van der Waals surface area (Å²) in [6.45, 7) is 15.1. The minimum absolute atomic E-state index is 0.314. The van der Waals surface area contributed by atoms with Crippen molar-refractivity contribution in [1.29, 1.82) is 0 Å². The number of hydrogen-bond donors (Lipinski definition) is 0. The van der Waals surface area contributed by atoms with E-state index in [0.29, 0.717) is 11.6 Å². The van der Waals surface area contributed by atoms with E-state index in [9.17, 15) is 0 Å². The van der Waals surface area contributed by atoms with Crippen LogP contribution in [0.25, 0.3) is 0 Å². The molecule has 0 amide bonds. The van der Waals surface area contributed by atoms with Gasteiger partial charge < -0.3 is 0 Å². The fourth-order valence-electron chi connectivity index (χ4n) is 0.775. The van der Waals surface area contributed by atoms with Crippen molar-refractivity contribution in [3.8, 4) is 0 Å². The molecule has 0 radical (unpaired) electrons. The van der Waals surface area contributed by atoms with Gasteiger partial charge in [-0.25, -0.2) is 0 Å². The Morgan fingerprint density at radius 3 is 1.27 bits per heavy atom. The number of nitrogens with zero attached hydrogens (tertiary/aromatic N) is 1. The van der Waals surface area contributed by atoms with Gasteiger partial charge in [0, 0.05) is 11.6 Å². The van der Waals surface area contributed by atoms with Crippen molar-refractivity contribution in [2.24, 2.45) is 0 Å². The Hall–Kier alpha value is -0.0400. The number of hydrogen-bond acceptors (Lipinski definition) is 1. The molecule has 0 unspecified atom stereocenters. The molecule has 0 aromatic heterocycles. The summed E-state index contributed by atoms with van der Waals surface area (Å²) >= 11 is 0. The van der Waals surface area contributed by atoms with E-state index in [1.807, 2.05) is 13.8 Å². The molecule has 1 nitrogen and oxygen atoms in total. The van der Waals surface area contributed by atoms with E-state index in [4.69, 9.17) is 0 Å². The second-order valence-electron chi connectivity index (χ2n) is 3.88. The summed E-state index contributed by atoms with van der Waals surface area (Å²) in [5.41, 5.74) is 0.314. The van der Waals surface area contributed by atoms with Crippen LogP contribution in [0.4, 0.5) is 0 Å². The quantitative estimate of drug-likeness (QED) is 0.568. The molecule has 1 heteroatoms. The van der Waals surface area contributed by atoms with E-state index in [-0.39, 0.29) is 0 Å². The largest absolute Gasteiger partial charge is 0.299 e. The van der Waals surface area contributed by atoms with Crippen LogP contribution in [-0.4, -0.2) is 23.5 Å². The van der Waals surface area contributed by atoms with Crippen molar-refractivity contribution in [2.45, 2.75) is 60.0 Å². The minimum Gasteiger partial charge on any atom is -0.299 e. The van der Waals surface area contributed by atoms with Gasteiger partial charge in [-0.15, -0.1) is 0 Å². The Morgan fingerprint density at radius 2 is 1.27 bits per heavy atom. The summed E-state index contributed by atoms with van der Waals surface area (Å²) in [7, 11) is 2.16. The van der Waals surface area contributed by atoms with Crippen LogP contribution in [0.2, 0.25) is 0 Å². The van der Waals surface area contributed by atoms with Gasteiger partial charge in [-0.1, -0.05) is 13.8 Å². The first-order valence-electron chi connectivity index (χ1n) is 4.58. The van der Waals surface area contributed by atoms with Gasteiger partial charge in [0.05, 0.1) is 0 Å². The van der Waals surface area contributed by atoms with Gasteiger partial charge in [0.25, 0.3) is 0 Å². The molecule has 0 aromatic carbocycles. The average Bonchev–Trinajstić information content (AvgIpc) is 1.89. The average molecular weight is 159 g/mol. The molecule has 0 heterocycles. The number of rotatable bonds is 1. The Labute approximate surface area is 72.8 Å². The van der Waals surface area contributed by atoms with Crippen molar-refractivity contribution >= 4 is 0 Å². The lowest BCUT2D eigenvalue weighted by molar-refractivity contribution is 0.136. The van der Waals surface area contributed by atoms with Crippen LogP contribution in [0.1, 0.15) is 48.5 Å². The topological polar surface area (TPSA) is 3.24 Å². The van der Waals surface area contributed by atoms with E-state index >= 15 is 0 Å². The summed E-state index contributed by atoms with van der Waals surface area (Å²) in [6.07, 6.45) is 0. The van der Waals surface area contributed by atoms with Crippen molar-refractivity contribution in [1.82, 2.24) is 4.90 Å². The second-order valence-corrected chi connectivity index (χ2v) is 3.88. The molecule has 0 aliphatic rings. The first-order valence-corrected chi connectivity index (χ1v) is 4.58. The lowest BCUT2D eigenvalue weighted by atomic mass is 10.1. The van der Waals surface area contributed by atoms with Gasteiger partial charge in [0.1, 0.15) is 0 Å². The van der Waals surface area contributed by atoms with Gasteiger partial charge in [-0.3, -0.25) is 4.90 Å². The minimum atomic E-state index is 0.314. The van der Waals surface area contributed by atoms with Crippen LogP contribution < -0.4 is 0 Å². The smallest absolute Gasteiger partial charge is 0.0124 e. The van der Waals surface area contributed by atoms with E-state index in [2.05, 4.69) is 46.6 Å². The van der Waals surface area contributed by atoms with Crippen molar-refractivity contribution in [3.63, 3.8) is 0 Å². The monoisotopic (exact) mass is 159 g/mol. The Bertz CT molecular complexity index is 79.4. The van der Waals surface area contributed by atoms with Crippen LogP contribution >= 0.6 is 0 Å². The van der Waals surface area contributed by atoms with Crippen molar-refractivity contribution in [3.05, 3.63) is 0 Å². The lowest BCUT2D eigenvalue weighted by Crippen LogP contribution is -2.42. The molecule has 0 saturated heterocycles. The van der Waals surface area contributed by atoms with E-state index in [1.165, 1.54) is 0 Å². The standard InChI is InChI=1S/C8H19N.C2H6/c1-7(2)9(6)8(3,4)5;1-2/h7H,1-6H3;1-2H3. The molecule has 0 saturated carbocycles. The van der Waals surface area contributed by atoms with Crippen LogP contribution in [0.15, 0.2) is 0 Å². The fraction of sp³-hybridized carbons (Fsp3) is 1.00. The highest BCUT2D eigenvalue weighted by Gasteiger charge is 2.18. The Morgan fingerprint density at radius 1 is 1.00 bits per heavy atom. The summed E-state index contributed by atoms with van der Waals surface area (Å²) < 4.78 is 0. The maximum absolute atomic E-state index is 2.35. The maximum atomic E-state index is 2.35. The SMILES string of the molecule is CC.CC(C)N(C)C(C)(C)C. The van der Waals surface area contributed by atoms with Crippen LogP contribution in [0, 0.1) is 0 Å². The predicted molar refractivity (Wildman–Crippen MR) is 54.0 cm³/mol. The maximum Gasteiger partial charge on any atom is 0.0124 e. The highest BCUT2D eigenvalue weighted by molar-refractivity contribution is 4.74. The van der Waals surface area contributed by atoms with Gasteiger partial charge in [-0.2, -0.15) is 0 Å². The summed E-state index contributed by atoms with van der Waals surface area (Å²) in [5, 5.41) is 0. The van der Waals surface area contributed by atoms with Gasteiger partial charge >= 0.3 is 0 Å². The fourth-order valence-corrected chi connectivity index (χ4v) is 0.775. The van der Waals surface area contributed by atoms with Crippen LogP contribution in [0.5, 0.6) is 0 Å². The predicted octanol–water partition coefficient (Wildman–Crippen LogP) is 3.15. The normalized spacial score (nSPS) is 11.5. The molecule has 0 aromatic rings. The van der Waals surface area contributed by atoms with Gasteiger partial charge in [-0.05, 0) is 41.7 Å². The van der Waals surface area contributed by atoms with Crippen molar-refractivity contribution in [2.75, 3.05) is 7.05 Å². The third-order valence-electron chi connectivity index (χ3n) is 1.83. The van der Waals surface area contributed by atoms with E-state index in [0.717, 1.165) is 0 Å². The second kappa shape index (κ2) is 5.59. The highest BCUT2D eigenvalue weighted by Crippen LogP contribution is 2.12. The van der Waals surface area contributed by atoms with E-state index < -0.39 is 0 Å². The first kappa shape index (κ1) is 13.5. The zero-order valence-electron chi connectivity index (χ0n) is 9.52. The van der Waals surface area contributed by atoms with Crippen molar-refractivity contribution < 1.29 is 0 Å². The van der Waals surface area contributed by atoms with Gasteiger partial charge in [0.2, 0.25) is 0 Å². The lowest BCUT2D eigenvalue weighted by Gasteiger charge is -2.35. The summed E-state index contributed by atoms with van der Waals surface area (Å²) in [6, 6.07) is 0.644. The van der Waals surface area contributed by atoms with E-state index in [1.54, 1.807) is 0 Å². The molecule has 0 aliphatic heterocycles. The Kier molecular flexibility index (Phi) is 6.88. The molecule has 0 bridgehead atoms. The third kappa shape index (κ3) is 6.36. The molecule has 0 fully saturated rings. The zero-order valence-corrected chi connectivity index (χ0v) is 9.52. The molecule has 70 valence electrons. The third-order valence-corrected chi connectivity index (χ3v) is 1.83. The molecular formula is C10H25N. The molecule has 0 N–H and O–H groups in total. The molecule has 11 heavy (non-hydrogen) atoms. The Balaban J connectivity index is 0. The highest BCUT2D eigenvalue weighted by atomic mass is 15.2. The molecule has 0 rings (SSSR count). The van der Waals surface area contributed by atoms with Crippen LogP contribution in [0.3, 0.4) is 0 Å². The molecule has 0 atom stereocenters.